The van der Waals surface area contributed by atoms with Gasteiger partial charge in [0.25, 0.3) is 0 Å². The van der Waals surface area contributed by atoms with Crippen LogP contribution in [0.15, 0.2) is 24.3 Å². The van der Waals surface area contributed by atoms with Crippen molar-refractivity contribution in [2.75, 3.05) is 19.8 Å². The summed E-state index contributed by atoms with van der Waals surface area (Å²) >= 11 is 0. The van der Waals surface area contributed by atoms with E-state index in [-0.39, 0.29) is 11.8 Å². The van der Waals surface area contributed by atoms with Crippen LogP contribution in [0, 0.1) is 0 Å². The third-order valence-corrected chi connectivity index (χ3v) is 3.16. The van der Waals surface area contributed by atoms with Crippen molar-refractivity contribution in [2.24, 2.45) is 0 Å². The first-order valence-corrected chi connectivity index (χ1v) is 7.49. The molecule has 1 rings (SSSR count). The van der Waals surface area contributed by atoms with Crippen LogP contribution < -0.4 is 10.1 Å². The summed E-state index contributed by atoms with van der Waals surface area (Å²) in [6.45, 7) is 3.87. The minimum absolute atomic E-state index is 0.168. The van der Waals surface area contributed by atoms with Crippen LogP contribution in [-0.4, -0.2) is 26.4 Å². The monoisotopic (exact) mass is 301 g/mol. The maximum atomic E-state index is 12.0. The lowest BCUT2D eigenvalue weighted by Crippen LogP contribution is -2.21. The van der Waals surface area contributed by atoms with Gasteiger partial charge in [0.15, 0.2) is 0 Å². The lowest BCUT2D eigenvalue weighted by molar-refractivity contribution is -0.0498. The van der Waals surface area contributed by atoms with Crippen LogP contribution in [-0.2, 0) is 4.74 Å². The summed E-state index contributed by atoms with van der Waals surface area (Å²) in [5.74, 6) is 0.185. The Morgan fingerprint density at radius 3 is 2.38 bits per heavy atom. The number of rotatable bonds is 11. The molecule has 1 N–H and O–H groups in total. The second kappa shape index (κ2) is 10.5. The number of nitrogens with one attached hydrogen (secondary N) is 1. The van der Waals surface area contributed by atoms with E-state index in [1.165, 1.54) is 0 Å². The molecule has 0 radical (unpaired) electrons. The number of ether oxygens (including phenoxy) is 2. The van der Waals surface area contributed by atoms with Gasteiger partial charge in [0.2, 0.25) is 0 Å². The van der Waals surface area contributed by atoms with Crippen molar-refractivity contribution in [3.8, 4) is 5.75 Å². The Hall–Kier alpha value is -1.20. The summed E-state index contributed by atoms with van der Waals surface area (Å²) in [6, 6.07) is 6.89. The van der Waals surface area contributed by atoms with Gasteiger partial charge in [-0.2, -0.15) is 8.78 Å². The van der Waals surface area contributed by atoms with Gasteiger partial charge in [-0.3, -0.25) is 0 Å². The maximum Gasteiger partial charge on any atom is 0.387 e. The normalized spacial score (nSPS) is 12.6. The van der Waals surface area contributed by atoms with Gasteiger partial charge in [-0.05, 0) is 44.0 Å². The fourth-order valence-electron chi connectivity index (χ4n) is 1.90. The summed E-state index contributed by atoms with van der Waals surface area (Å²) in [7, 11) is 0. The number of hydrogen-bond donors (Lipinski definition) is 1. The molecule has 0 aromatic heterocycles. The molecule has 0 heterocycles. The number of unbranched alkanes of at least 4 members (excludes halogenated alkanes) is 1. The minimum Gasteiger partial charge on any atom is -0.435 e. The highest BCUT2D eigenvalue weighted by Crippen LogP contribution is 2.19. The molecule has 5 heteroatoms. The number of hydrogen-bond acceptors (Lipinski definition) is 3. The van der Waals surface area contributed by atoms with Crippen LogP contribution >= 0.6 is 0 Å². The molecule has 1 atom stereocenters. The Labute approximate surface area is 125 Å². The standard InChI is InChI=1S/C16H25F2NO2/c1-3-4-11-20-12-5-10-19-13(2)14-6-8-15(9-7-14)21-16(17)18/h6-9,13,16,19H,3-5,10-12H2,1-2H3. The molecule has 0 amide bonds. The zero-order valence-electron chi connectivity index (χ0n) is 12.8. The third-order valence-electron chi connectivity index (χ3n) is 3.16. The van der Waals surface area contributed by atoms with E-state index >= 15 is 0 Å². The first-order valence-electron chi connectivity index (χ1n) is 7.49. The molecule has 0 saturated carbocycles. The quantitative estimate of drug-likeness (QED) is 0.623. The Morgan fingerprint density at radius 2 is 1.76 bits per heavy atom. The smallest absolute Gasteiger partial charge is 0.387 e. The molecule has 1 unspecified atom stereocenters. The number of alkyl halides is 2. The largest absolute Gasteiger partial charge is 0.435 e. The Balaban J connectivity index is 2.21. The lowest BCUT2D eigenvalue weighted by Gasteiger charge is -2.15. The molecule has 0 aliphatic carbocycles. The van der Waals surface area contributed by atoms with Crippen molar-refractivity contribution < 1.29 is 18.3 Å². The van der Waals surface area contributed by atoms with Gasteiger partial charge >= 0.3 is 6.61 Å². The van der Waals surface area contributed by atoms with Crippen molar-refractivity contribution >= 4 is 0 Å². The molecule has 120 valence electrons. The Morgan fingerprint density at radius 1 is 1.10 bits per heavy atom. The zero-order chi connectivity index (χ0) is 15.5. The van der Waals surface area contributed by atoms with E-state index in [0.717, 1.165) is 44.6 Å². The molecule has 0 aliphatic heterocycles. The molecule has 1 aromatic carbocycles. The van der Waals surface area contributed by atoms with Crippen molar-refractivity contribution in [3.63, 3.8) is 0 Å². The highest BCUT2D eigenvalue weighted by molar-refractivity contribution is 5.28. The van der Waals surface area contributed by atoms with Gasteiger partial charge in [-0.15, -0.1) is 0 Å². The summed E-state index contributed by atoms with van der Waals surface area (Å²) in [6.07, 6.45) is 3.22. The summed E-state index contributed by atoms with van der Waals surface area (Å²) in [5, 5.41) is 3.38. The van der Waals surface area contributed by atoms with Gasteiger partial charge < -0.3 is 14.8 Å². The number of benzene rings is 1. The average Bonchev–Trinajstić information content (AvgIpc) is 2.46. The van der Waals surface area contributed by atoms with E-state index in [1.807, 2.05) is 6.92 Å². The van der Waals surface area contributed by atoms with Crippen molar-refractivity contribution in [3.05, 3.63) is 29.8 Å². The van der Waals surface area contributed by atoms with E-state index in [2.05, 4.69) is 17.0 Å². The van der Waals surface area contributed by atoms with E-state index in [4.69, 9.17) is 4.74 Å². The van der Waals surface area contributed by atoms with E-state index in [0.29, 0.717) is 0 Å². The van der Waals surface area contributed by atoms with Gasteiger partial charge in [0.1, 0.15) is 5.75 Å². The lowest BCUT2D eigenvalue weighted by atomic mass is 10.1. The SMILES string of the molecule is CCCCOCCCNC(C)c1ccc(OC(F)F)cc1. The third kappa shape index (κ3) is 7.97. The minimum atomic E-state index is -2.78. The van der Waals surface area contributed by atoms with E-state index < -0.39 is 6.61 Å². The number of halogens is 2. The first-order chi connectivity index (χ1) is 10.1. The predicted octanol–water partition coefficient (Wildman–Crippen LogP) is 4.15. The molecule has 0 bridgehead atoms. The second-order valence-electron chi connectivity index (χ2n) is 4.94. The zero-order valence-corrected chi connectivity index (χ0v) is 12.8. The Bertz CT molecular complexity index is 371. The van der Waals surface area contributed by atoms with Gasteiger partial charge in [-0.25, -0.2) is 0 Å². The molecule has 0 spiro atoms. The molecule has 1 aromatic rings. The average molecular weight is 301 g/mol. The molecule has 3 nitrogen and oxygen atoms in total. The van der Waals surface area contributed by atoms with Crippen LogP contribution in [0.5, 0.6) is 5.75 Å². The summed E-state index contributed by atoms with van der Waals surface area (Å²) in [5.41, 5.74) is 1.04. The molecule has 21 heavy (non-hydrogen) atoms. The van der Waals surface area contributed by atoms with Crippen LogP contribution in [0.25, 0.3) is 0 Å². The molecular formula is C16H25F2NO2. The molecule has 0 saturated heterocycles. The van der Waals surface area contributed by atoms with Gasteiger partial charge in [0.05, 0.1) is 0 Å². The highest BCUT2D eigenvalue weighted by Gasteiger charge is 2.07. The topological polar surface area (TPSA) is 30.5 Å². The molecule has 0 fully saturated rings. The molecule has 0 aliphatic rings. The predicted molar refractivity (Wildman–Crippen MR) is 79.8 cm³/mol. The van der Waals surface area contributed by atoms with Crippen molar-refractivity contribution in [1.82, 2.24) is 5.32 Å². The summed E-state index contributed by atoms with van der Waals surface area (Å²) in [4.78, 5) is 0. The van der Waals surface area contributed by atoms with Gasteiger partial charge in [-0.1, -0.05) is 25.5 Å². The molecular weight excluding hydrogens is 276 g/mol. The van der Waals surface area contributed by atoms with Crippen LogP contribution in [0.4, 0.5) is 8.78 Å². The maximum absolute atomic E-state index is 12.0. The fraction of sp³-hybridized carbons (Fsp3) is 0.625. The van der Waals surface area contributed by atoms with Crippen LogP contribution in [0.3, 0.4) is 0 Å². The van der Waals surface area contributed by atoms with E-state index in [9.17, 15) is 8.78 Å². The highest BCUT2D eigenvalue weighted by atomic mass is 19.3. The van der Waals surface area contributed by atoms with Gasteiger partial charge in [0, 0.05) is 19.3 Å². The first kappa shape index (κ1) is 17.9. The second-order valence-corrected chi connectivity index (χ2v) is 4.94. The van der Waals surface area contributed by atoms with Crippen molar-refractivity contribution in [2.45, 2.75) is 45.8 Å². The van der Waals surface area contributed by atoms with Crippen molar-refractivity contribution in [1.29, 1.82) is 0 Å². The van der Waals surface area contributed by atoms with Crippen LogP contribution in [0.1, 0.15) is 44.7 Å². The fourth-order valence-corrected chi connectivity index (χ4v) is 1.90. The summed E-state index contributed by atoms with van der Waals surface area (Å²) < 4.78 is 33.9. The van der Waals surface area contributed by atoms with E-state index in [1.54, 1.807) is 24.3 Å². The Kier molecular flexibility index (Phi) is 8.94. The van der Waals surface area contributed by atoms with Crippen LogP contribution in [0.2, 0.25) is 0 Å².